The molecule has 0 aliphatic carbocycles. The minimum absolute atomic E-state index is 0.0459. The summed E-state index contributed by atoms with van der Waals surface area (Å²) in [6, 6.07) is 23.3. The van der Waals surface area contributed by atoms with E-state index in [1.807, 2.05) is 66.7 Å². The van der Waals surface area contributed by atoms with E-state index in [-0.39, 0.29) is 35.4 Å². The van der Waals surface area contributed by atoms with Gasteiger partial charge in [-0.2, -0.15) is 4.98 Å². The summed E-state index contributed by atoms with van der Waals surface area (Å²) < 4.78 is 23.4. The predicted molar refractivity (Wildman–Crippen MR) is 183 cm³/mol. The van der Waals surface area contributed by atoms with Crippen LogP contribution in [0, 0.1) is 0 Å². The highest BCUT2D eigenvalue weighted by molar-refractivity contribution is 6.13. The lowest BCUT2D eigenvalue weighted by Crippen LogP contribution is -2.48. The number of amides is 3. The maximum absolute atomic E-state index is 13.7. The lowest BCUT2D eigenvalue weighted by atomic mass is 10.0. The van der Waals surface area contributed by atoms with Crippen molar-refractivity contribution < 1.29 is 33.0 Å². The number of furan rings is 1. The van der Waals surface area contributed by atoms with Crippen LogP contribution in [0.25, 0.3) is 0 Å². The summed E-state index contributed by atoms with van der Waals surface area (Å²) in [5.41, 5.74) is 2.87. The van der Waals surface area contributed by atoms with Crippen LogP contribution < -0.4 is 15.0 Å². The molecule has 1 N–H and O–H groups in total. The fourth-order valence-electron chi connectivity index (χ4n) is 5.85. The number of nitrogens with one attached hydrogen (secondary N) is 1. The number of hydrogen-bond acceptors (Lipinski definition) is 9. The molecule has 256 valence electrons. The molecule has 3 amide bonds. The highest BCUT2D eigenvalue weighted by Gasteiger charge is 2.33. The molecule has 0 radical (unpaired) electrons. The average molecular weight is 668 g/mol. The normalized spacial score (nSPS) is 14.5. The summed E-state index contributed by atoms with van der Waals surface area (Å²) in [6.07, 6.45) is 1.83. The molecule has 49 heavy (non-hydrogen) atoms. The molecule has 2 aromatic heterocycles. The number of aromatic nitrogens is 1. The Morgan fingerprint density at radius 3 is 2.18 bits per heavy atom. The minimum Gasteiger partial charge on any atom is -0.474 e. The van der Waals surface area contributed by atoms with Crippen molar-refractivity contribution in [3.05, 3.63) is 107 Å². The number of carbonyl (C=O) groups is 3. The van der Waals surface area contributed by atoms with Crippen molar-refractivity contribution in [2.45, 2.75) is 26.6 Å². The van der Waals surface area contributed by atoms with Gasteiger partial charge in [-0.3, -0.25) is 14.4 Å². The SMILES string of the molecule is CC(=O)N1CCN(c2ccc(NC(=O)c3coc4c3C(=O)N(CCOCc3ccccc3)CC4)c(OCCOCc3ccccc3)n2)CC1. The molecule has 0 spiro atoms. The van der Waals surface area contributed by atoms with E-state index in [2.05, 4.69) is 10.2 Å². The first kappa shape index (κ1) is 33.7. The molecular weight excluding hydrogens is 626 g/mol. The Bertz CT molecular complexity index is 1720. The molecule has 4 aromatic rings. The van der Waals surface area contributed by atoms with Gasteiger partial charge in [-0.05, 0) is 23.3 Å². The zero-order valence-corrected chi connectivity index (χ0v) is 27.6. The van der Waals surface area contributed by atoms with Crippen LogP contribution in [0.15, 0.2) is 83.5 Å². The fourth-order valence-corrected chi connectivity index (χ4v) is 5.85. The van der Waals surface area contributed by atoms with Gasteiger partial charge in [0.2, 0.25) is 11.8 Å². The van der Waals surface area contributed by atoms with Crippen molar-refractivity contribution >= 4 is 29.2 Å². The van der Waals surface area contributed by atoms with Crippen LogP contribution in [0.1, 0.15) is 44.5 Å². The van der Waals surface area contributed by atoms with E-state index in [4.69, 9.17) is 23.6 Å². The van der Waals surface area contributed by atoms with Crippen molar-refractivity contribution in [1.82, 2.24) is 14.8 Å². The fraction of sp³-hybridized carbons (Fsp3) is 0.351. The number of rotatable bonds is 14. The highest BCUT2D eigenvalue weighted by Crippen LogP contribution is 2.30. The Hall–Kier alpha value is -5.20. The monoisotopic (exact) mass is 667 g/mol. The lowest BCUT2D eigenvalue weighted by Gasteiger charge is -2.35. The van der Waals surface area contributed by atoms with Crippen LogP contribution in [0.2, 0.25) is 0 Å². The lowest BCUT2D eigenvalue weighted by molar-refractivity contribution is -0.129. The Labute approximate surface area is 285 Å². The smallest absolute Gasteiger partial charge is 0.259 e. The Balaban J connectivity index is 1.11. The van der Waals surface area contributed by atoms with E-state index >= 15 is 0 Å². The van der Waals surface area contributed by atoms with Gasteiger partial charge in [0.1, 0.15) is 30.1 Å². The highest BCUT2D eigenvalue weighted by atomic mass is 16.5. The first-order chi connectivity index (χ1) is 24.0. The van der Waals surface area contributed by atoms with Crippen LogP contribution in [-0.2, 0) is 33.9 Å². The first-order valence-corrected chi connectivity index (χ1v) is 16.5. The number of fused-ring (bicyclic) bond motifs is 1. The van der Waals surface area contributed by atoms with Crippen LogP contribution in [0.4, 0.5) is 11.5 Å². The Kier molecular flexibility index (Phi) is 11.2. The molecule has 0 saturated carbocycles. The van der Waals surface area contributed by atoms with Gasteiger partial charge in [0.15, 0.2) is 0 Å². The molecule has 1 fully saturated rings. The van der Waals surface area contributed by atoms with Gasteiger partial charge in [0.25, 0.3) is 11.8 Å². The molecule has 12 nitrogen and oxygen atoms in total. The molecule has 2 aliphatic rings. The standard InChI is InChI=1S/C37H41N5O7/c1-27(43)40-16-18-41(19-17-40)33-13-12-31(36(39-33)48-23-22-47-25-29-10-6-3-7-11-29)38-35(44)30-26-49-32-14-15-42(37(45)34(30)32)20-21-46-24-28-8-4-2-5-9-28/h2-13,26H,14-25H2,1H3,(H,38,44). The third-order valence-corrected chi connectivity index (χ3v) is 8.56. The number of carbonyl (C=O) groups excluding carboxylic acids is 3. The van der Waals surface area contributed by atoms with E-state index < -0.39 is 5.91 Å². The number of anilines is 2. The topological polar surface area (TPSA) is 127 Å². The number of benzene rings is 2. The quantitative estimate of drug-likeness (QED) is 0.195. The van der Waals surface area contributed by atoms with Crippen molar-refractivity contribution in [3.63, 3.8) is 0 Å². The summed E-state index contributed by atoms with van der Waals surface area (Å²) in [5, 5.41) is 2.89. The molecule has 0 atom stereocenters. The average Bonchev–Trinajstić information content (AvgIpc) is 3.58. The third-order valence-electron chi connectivity index (χ3n) is 8.56. The van der Waals surface area contributed by atoms with Gasteiger partial charge in [0.05, 0.1) is 37.6 Å². The number of pyridine rings is 1. The number of hydrogen-bond donors (Lipinski definition) is 1. The summed E-state index contributed by atoms with van der Waals surface area (Å²) in [7, 11) is 0. The molecule has 2 aliphatic heterocycles. The van der Waals surface area contributed by atoms with E-state index in [1.54, 1.807) is 22.8 Å². The van der Waals surface area contributed by atoms with Crippen molar-refractivity contribution in [2.75, 3.05) is 69.3 Å². The van der Waals surface area contributed by atoms with E-state index in [0.717, 1.165) is 11.1 Å². The largest absolute Gasteiger partial charge is 0.474 e. The van der Waals surface area contributed by atoms with Gasteiger partial charge in [-0.1, -0.05) is 60.7 Å². The molecule has 2 aromatic carbocycles. The molecular formula is C37H41N5O7. The predicted octanol–water partition coefficient (Wildman–Crippen LogP) is 4.41. The summed E-state index contributed by atoms with van der Waals surface area (Å²) in [6.45, 7) is 6.64. The Morgan fingerprint density at radius 1 is 0.837 bits per heavy atom. The summed E-state index contributed by atoms with van der Waals surface area (Å²) >= 11 is 0. The molecule has 0 unspecified atom stereocenters. The van der Waals surface area contributed by atoms with Gasteiger partial charge < -0.3 is 38.6 Å². The second kappa shape index (κ2) is 16.3. The van der Waals surface area contributed by atoms with Gasteiger partial charge in [0, 0.05) is 52.6 Å². The molecule has 1 saturated heterocycles. The van der Waals surface area contributed by atoms with Gasteiger partial charge in [-0.25, -0.2) is 0 Å². The number of ether oxygens (including phenoxy) is 3. The number of piperazine rings is 1. The zero-order valence-electron chi connectivity index (χ0n) is 27.6. The van der Waals surface area contributed by atoms with Crippen LogP contribution >= 0.6 is 0 Å². The van der Waals surface area contributed by atoms with Crippen LogP contribution in [0.3, 0.4) is 0 Å². The molecule has 4 heterocycles. The zero-order chi connectivity index (χ0) is 34.0. The number of nitrogens with zero attached hydrogens (tertiary/aromatic N) is 4. The summed E-state index contributed by atoms with van der Waals surface area (Å²) in [5.74, 6) is 0.655. The first-order valence-electron chi connectivity index (χ1n) is 16.5. The van der Waals surface area contributed by atoms with Crippen molar-refractivity contribution in [1.29, 1.82) is 0 Å². The molecule has 6 rings (SSSR count). The second-order valence-electron chi connectivity index (χ2n) is 11.9. The van der Waals surface area contributed by atoms with Crippen molar-refractivity contribution in [3.8, 4) is 5.88 Å². The van der Waals surface area contributed by atoms with E-state index in [9.17, 15) is 14.4 Å². The maximum atomic E-state index is 13.7. The molecule has 0 bridgehead atoms. The molecule has 12 heteroatoms. The van der Waals surface area contributed by atoms with Gasteiger partial charge >= 0.3 is 0 Å². The van der Waals surface area contributed by atoms with Crippen LogP contribution in [-0.4, -0.2) is 91.6 Å². The third kappa shape index (κ3) is 8.64. The minimum atomic E-state index is -0.504. The van der Waals surface area contributed by atoms with Crippen LogP contribution in [0.5, 0.6) is 5.88 Å². The van der Waals surface area contributed by atoms with Crippen molar-refractivity contribution in [2.24, 2.45) is 0 Å². The van der Waals surface area contributed by atoms with E-state index in [1.165, 1.54) is 6.26 Å². The Morgan fingerprint density at radius 2 is 1.51 bits per heavy atom. The summed E-state index contributed by atoms with van der Waals surface area (Å²) in [4.78, 5) is 49.3. The van der Waals surface area contributed by atoms with Gasteiger partial charge in [-0.15, -0.1) is 0 Å². The maximum Gasteiger partial charge on any atom is 0.259 e. The second-order valence-corrected chi connectivity index (χ2v) is 11.9. The van der Waals surface area contributed by atoms with E-state index in [0.29, 0.717) is 89.4 Å².